The molecule has 0 heterocycles. The first-order valence-corrected chi connectivity index (χ1v) is 4.33. The molecule has 0 rings (SSSR count). The van der Waals surface area contributed by atoms with Crippen LogP contribution in [0.5, 0.6) is 0 Å². The van der Waals surface area contributed by atoms with Crippen molar-refractivity contribution in [1.29, 1.82) is 5.26 Å². The number of hydrogen-bond acceptors (Lipinski definition) is 3. The Hall–Kier alpha value is 0.505. The van der Waals surface area contributed by atoms with Gasteiger partial charge in [-0.2, -0.15) is 5.75 Å². The van der Waals surface area contributed by atoms with Crippen molar-refractivity contribution in [3.63, 3.8) is 0 Å². The smallest absolute Gasteiger partial charge is 0.258 e. The van der Waals surface area contributed by atoms with Crippen molar-refractivity contribution in [2.45, 2.75) is 25.5 Å². The Bertz CT molecular complexity index is 248. The molecule has 6 heteroatoms. The normalized spacial score (nSPS) is 10.2. The van der Waals surface area contributed by atoms with Crippen LogP contribution in [0.15, 0.2) is 0 Å². The quantitative estimate of drug-likeness (QED) is 0.295. The van der Waals surface area contributed by atoms with E-state index < -0.39 is 14.6 Å². The van der Waals surface area contributed by atoms with Gasteiger partial charge >= 0.3 is 37.7 Å². The first-order valence-electron chi connectivity index (χ1n) is 2.79. The summed E-state index contributed by atoms with van der Waals surface area (Å²) in [5.41, 5.74) is 0. The summed E-state index contributed by atoms with van der Waals surface area (Å²) in [6.07, 6.45) is 0. The van der Waals surface area contributed by atoms with Crippen molar-refractivity contribution >= 4 is 9.84 Å². The summed E-state index contributed by atoms with van der Waals surface area (Å²) in [4.78, 5) is 0. The van der Waals surface area contributed by atoms with E-state index >= 15 is 0 Å². The Morgan fingerprint density at radius 1 is 1.25 bits per heavy atom. The van der Waals surface area contributed by atoms with Crippen LogP contribution in [0.2, 0.25) is 0 Å². The zero-order valence-electron chi connectivity index (χ0n) is 8.25. The Morgan fingerprint density at radius 3 is 1.67 bits per heavy atom. The van der Waals surface area contributed by atoms with Crippen LogP contribution in [0, 0.1) is 17.1 Å². The van der Waals surface area contributed by atoms with Gasteiger partial charge in [-0.25, -0.2) is 5.26 Å². The van der Waals surface area contributed by atoms with E-state index in [4.69, 9.17) is 5.26 Å². The van der Waals surface area contributed by atoms with Gasteiger partial charge in [0.2, 0.25) is 0 Å². The van der Waals surface area contributed by atoms with E-state index in [9.17, 15) is 8.42 Å². The van der Waals surface area contributed by atoms with Crippen LogP contribution < -0.4 is 37.7 Å². The standard InChI is InChI=1S/C6H10NO2S.2Li/c1-6(2,3)10(8,9)5-4-7;;/h5H,1-3H3;;/q-1;2*+1. The monoisotopic (exact) mass is 174 g/mol. The van der Waals surface area contributed by atoms with Crippen molar-refractivity contribution in [3.8, 4) is 6.07 Å². The van der Waals surface area contributed by atoms with Crippen LogP contribution in [-0.2, 0) is 9.84 Å². The van der Waals surface area contributed by atoms with Gasteiger partial charge in [-0.05, 0) is 20.8 Å². The molecule has 0 fully saturated rings. The third-order valence-electron chi connectivity index (χ3n) is 1.06. The number of rotatable bonds is 1. The summed E-state index contributed by atoms with van der Waals surface area (Å²) in [6, 6.07) is 1.50. The van der Waals surface area contributed by atoms with Crippen LogP contribution in [0.25, 0.3) is 0 Å². The SMILES string of the molecule is CC(C)(C)S(=O)(=O)[CH-]C#N.[Li+].[Li+]. The average molecular weight is 174 g/mol. The predicted molar refractivity (Wildman–Crippen MR) is 38.6 cm³/mol. The molecule has 0 unspecified atom stereocenters. The van der Waals surface area contributed by atoms with E-state index in [0.717, 1.165) is 0 Å². The molecule has 0 aliphatic rings. The molecule has 0 bridgehead atoms. The molecule has 0 aromatic heterocycles. The van der Waals surface area contributed by atoms with Crippen molar-refractivity contribution < 1.29 is 46.1 Å². The zero-order chi connectivity index (χ0) is 8.41. The largest absolute Gasteiger partial charge is 1.00 e. The first kappa shape index (κ1) is 18.3. The van der Waals surface area contributed by atoms with Gasteiger partial charge in [-0.1, -0.05) is 6.07 Å². The number of sulfone groups is 1. The van der Waals surface area contributed by atoms with E-state index in [0.29, 0.717) is 5.75 Å². The summed E-state index contributed by atoms with van der Waals surface area (Å²) >= 11 is 0. The van der Waals surface area contributed by atoms with Gasteiger partial charge in [0, 0.05) is 4.75 Å². The molecule has 0 amide bonds. The van der Waals surface area contributed by atoms with E-state index in [-0.39, 0.29) is 37.7 Å². The second-order valence-electron chi connectivity index (χ2n) is 2.90. The number of hydrogen-bond donors (Lipinski definition) is 0. The fourth-order valence-electron chi connectivity index (χ4n) is 0.246. The second-order valence-corrected chi connectivity index (χ2v) is 5.45. The average Bonchev–Trinajstić information content (AvgIpc) is 1.61. The molecular formula is C6H10Li2NO2S+. The number of nitriles is 1. The summed E-state index contributed by atoms with van der Waals surface area (Å²) in [5, 5.41) is 8.08. The maximum absolute atomic E-state index is 11.0. The molecule has 0 aromatic carbocycles. The van der Waals surface area contributed by atoms with E-state index in [2.05, 4.69) is 0 Å². The molecule has 0 saturated carbocycles. The maximum atomic E-state index is 11.0. The molecule has 0 N–H and O–H groups in total. The summed E-state index contributed by atoms with van der Waals surface area (Å²) in [5.74, 6) is 0.674. The molecule has 0 saturated heterocycles. The molecule has 0 aliphatic carbocycles. The van der Waals surface area contributed by atoms with Gasteiger partial charge in [0.1, 0.15) is 0 Å². The van der Waals surface area contributed by atoms with Crippen LogP contribution in [0.1, 0.15) is 20.8 Å². The van der Waals surface area contributed by atoms with Crippen molar-refractivity contribution in [1.82, 2.24) is 0 Å². The fraction of sp³-hybridized carbons (Fsp3) is 0.667. The van der Waals surface area contributed by atoms with Gasteiger partial charge in [0.15, 0.2) is 0 Å². The van der Waals surface area contributed by atoms with Gasteiger partial charge in [-0.3, -0.25) is 8.42 Å². The van der Waals surface area contributed by atoms with Crippen molar-refractivity contribution in [2.75, 3.05) is 0 Å². The number of nitrogens with zero attached hydrogens (tertiary/aromatic N) is 1. The maximum Gasteiger partial charge on any atom is 1.00 e. The summed E-state index contributed by atoms with van der Waals surface area (Å²) in [7, 11) is -3.33. The minimum Gasteiger partial charge on any atom is -0.258 e. The Kier molecular flexibility index (Phi) is 9.21. The minimum atomic E-state index is -3.33. The van der Waals surface area contributed by atoms with Crippen LogP contribution in [0.4, 0.5) is 0 Å². The molecule has 0 aliphatic heterocycles. The first-order chi connectivity index (χ1) is 4.31. The summed E-state index contributed by atoms with van der Waals surface area (Å²) < 4.78 is 21.1. The molecule has 58 valence electrons. The van der Waals surface area contributed by atoms with E-state index in [1.807, 2.05) is 0 Å². The summed E-state index contributed by atoms with van der Waals surface area (Å²) in [6.45, 7) is 4.66. The zero-order valence-corrected chi connectivity index (χ0v) is 9.07. The van der Waals surface area contributed by atoms with Crippen LogP contribution in [-0.4, -0.2) is 13.2 Å². The van der Waals surface area contributed by atoms with Gasteiger partial charge in [0.05, 0.1) is 9.84 Å². The van der Waals surface area contributed by atoms with Gasteiger partial charge in [0.25, 0.3) is 0 Å². The third kappa shape index (κ3) is 5.20. The van der Waals surface area contributed by atoms with E-state index in [1.165, 1.54) is 6.07 Å². The molecular weight excluding hydrogens is 164 g/mol. The molecule has 0 radical (unpaired) electrons. The minimum absolute atomic E-state index is 0. The van der Waals surface area contributed by atoms with E-state index in [1.54, 1.807) is 20.8 Å². The molecule has 3 nitrogen and oxygen atoms in total. The van der Waals surface area contributed by atoms with Crippen molar-refractivity contribution in [2.24, 2.45) is 0 Å². The molecule has 0 atom stereocenters. The molecule has 0 spiro atoms. The van der Waals surface area contributed by atoms with Crippen LogP contribution >= 0.6 is 0 Å². The predicted octanol–water partition coefficient (Wildman–Crippen LogP) is -5.11. The fourth-order valence-corrected chi connectivity index (χ4v) is 0.738. The molecule has 12 heavy (non-hydrogen) atoms. The molecule has 0 aromatic rings. The third-order valence-corrected chi connectivity index (χ3v) is 3.18. The Labute approximate surface area is 98.2 Å². The topological polar surface area (TPSA) is 57.9 Å². The van der Waals surface area contributed by atoms with Gasteiger partial charge < -0.3 is 0 Å². The second kappa shape index (κ2) is 6.03. The Balaban J connectivity index is -0.000000405. The van der Waals surface area contributed by atoms with Crippen LogP contribution in [0.3, 0.4) is 0 Å². The Morgan fingerprint density at radius 2 is 1.58 bits per heavy atom. The van der Waals surface area contributed by atoms with Crippen molar-refractivity contribution in [3.05, 3.63) is 5.75 Å². The van der Waals surface area contributed by atoms with Gasteiger partial charge in [-0.15, -0.1) is 0 Å².